The van der Waals surface area contributed by atoms with Gasteiger partial charge in [0.25, 0.3) is 0 Å². The van der Waals surface area contributed by atoms with E-state index in [9.17, 15) is 4.79 Å². The molecule has 0 saturated carbocycles. The molecule has 1 atom stereocenters. The molecule has 19 heavy (non-hydrogen) atoms. The number of nitrogens with one attached hydrogen (secondary N) is 1. The van der Waals surface area contributed by atoms with Gasteiger partial charge in [-0.15, -0.1) is 0 Å². The molecule has 1 aromatic rings. The van der Waals surface area contributed by atoms with Crippen LogP contribution in [0.3, 0.4) is 0 Å². The predicted octanol–water partition coefficient (Wildman–Crippen LogP) is 4.43. The Morgan fingerprint density at radius 3 is 2.63 bits per heavy atom. The predicted molar refractivity (Wildman–Crippen MR) is 85.0 cm³/mol. The lowest BCUT2D eigenvalue weighted by Gasteiger charge is -2.22. The molecule has 1 unspecified atom stereocenters. The van der Waals surface area contributed by atoms with E-state index in [1.165, 1.54) is 0 Å². The average Bonchev–Trinajstić information content (AvgIpc) is 2.20. The molecule has 0 bridgehead atoms. The number of rotatable bonds is 4. The van der Waals surface area contributed by atoms with Gasteiger partial charge >= 0.3 is 0 Å². The first-order valence-electron chi connectivity index (χ1n) is 6.52. The van der Waals surface area contributed by atoms with Crippen LogP contribution >= 0.6 is 15.9 Å². The summed E-state index contributed by atoms with van der Waals surface area (Å²) < 4.78 is 0.846. The molecule has 0 saturated heterocycles. The summed E-state index contributed by atoms with van der Waals surface area (Å²) in [5.41, 5.74) is 7.33. The van der Waals surface area contributed by atoms with Crippen LogP contribution in [0.5, 0.6) is 0 Å². The molecule has 0 aliphatic heterocycles. The summed E-state index contributed by atoms with van der Waals surface area (Å²) in [6.07, 6.45) is 1.55. The second-order valence-electron chi connectivity index (χ2n) is 6.36. The summed E-state index contributed by atoms with van der Waals surface area (Å²) in [6, 6.07) is 5.39. The van der Waals surface area contributed by atoms with Crippen molar-refractivity contribution in [2.24, 2.45) is 11.3 Å². The van der Waals surface area contributed by atoms with E-state index in [1.807, 2.05) is 6.07 Å². The number of hydrogen-bond acceptors (Lipinski definition) is 2. The molecule has 0 fully saturated rings. The molecule has 106 valence electrons. The van der Waals surface area contributed by atoms with Crippen molar-refractivity contribution in [3.63, 3.8) is 0 Å². The van der Waals surface area contributed by atoms with E-state index in [1.54, 1.807) is 12.1 Å². The first kappa shape index (κ1) is 16.0. The summed E-state index contributed by atoms with van der Waals surface area (Å²) in [7, 11) is 0. The van der Waals surface area contributed by atoms with Gasteiger partial charge in [-0.3, -0.25) is 4.79 Å². The topological polar surface area (TPSA) is 55.1 Å². The number of hydrogen-bond donors (Lipinski definition) is 2. The molecule has 1 amide bonds. The number of carbonyl (C=O) groups is 1. The van der Waals surface area contributed by atoms with E-state index < -0.39 is 0 Å². The van der Waals surface area contributed by atoms with E-state index in [4.69, 9.17) is 5.73 Å². The first-order chi connectivity index (χ1) is 8.67. The third-order valence-corrected chi connectivity index (χ3v) is 3.45. The molecule has 1 aromatic carbocycles. The van der Waals surface area contributed by atoms with Gasteiger partial charge in [-0.05, 0) is 51.9 Å². The van der Waals surface area contributed by atoms with Crippen molar-refractivity contribution >= 4 is 33.2 Å². The van der Waals surface area contributed by atoms with E-state index in [0.717, 1.165) is 16.6 Å². The second-order valence-corrected chi connectivity index (χ2v) is 7.22. The molecule has 0 spiro atoms. The first-order valence-corrected chi connectivity index (χ1v) is 7.31. The molecule has 0 aromatic heterocycles. The maximum absolute atomic E-state index is 12.0. The number of nitrogens with two attached hydrogens (primary N) is 1. The quantitative estimate of drug-likeness (QED) is 0.804. The Hall–Kier alpha value is -1.03. The van der Waals surface area contributed by atoms with Crippen LogP contribution in [0, 0.1) is 11.3 Å². The number of amides is 1. The Kier molecular flexibility index (Phi) is 5.41. The Balaban J connectivity index is 2.58. The number of nitrogen functional groups attached to an aromatic ring is 1. The average molecular weight is 327 g/mol. The molecule has 0 aliphatic rings. The van der Waals surface area contributed by atoms with Gasteiger partial charge in [0.1, 0.15) is 0 Å². The zero-order valence-electron chi connectivity index (χ0n) is 12.1. The molecule has 0 heterocycles. The van der Waals surface area contributed by atoms with E-state index >= 15 is 0 Å². The minimum atomic E-state index is 0.0306. The zero-order chi connectivity index (χ0) is 14.6. The van der Waals surface area contributed by atoms with Crippen molar-refractivity contribution in [1.82, 2.24) is 0 Å². The maximum Gasteiger partial charge on any atom is 0.224 e. The van der Waals surface area contributed by atoms with Gasteiger partial charge in [0.05, 0.1) is 5.69 Å². The Labute approximate surface area is 124 Å². The van der Waals surface area contributed by atoms with Gasteiger partial charge in [0.15, 0.2) is 0 Å². The van der Waals surface area contributed by atoms with Crippen molar-refractivity contribution in [3.8, 4) is 0 Å². The highest BCUT2D eigenvalue weighted by Gasteiger charge is 2.18. The summed E-state index contributed by atoms with van der Waals surface area (Å²) in [6.45, 7) is 8.68. The Morgan fingerprint density at radius 1 is 1.42 bits per heavy atom. The van der Waals surface area contributed by atoms with Gasteiger partial charge in [0.2, 0.25) is 5.91 Å². The van der Waals surface area contributed by atoms with Crippen molar-refractivity contribution < 1.29 is 4.79 Å². The third kappa shape index (κ3) is 6.10. The van der Waals surface area contributed by atoms with Crippen LogP contribution in [-0.2, 0) is 4.79 Å². The van der Waals surface area contributed by atoms with Crippen LogP contribution in [0.1, 0.15) is 40.5 Å². The lowest BCUT2D eigenvalue weighted by Crippen LogP contribution is -2.19. The van der Waals surface area contributed by atoms with E-state index in [0.29, 0.717) is 18.0 Å². The van der Waals surface area contributed by atoms with Crippen molar-refractivity contribution in [3.05, 3.63) is 22.7 Å². The fourth-order valence-electron chi connectivity index (χ4n) is 2.27. The van der Waals surface area contributed by atoms with Gasteiger partial charge in [-0.1, -0.05) is 27.7 Å². The molecular weight excluding hydrogens is 304 g/mol. The third-order valence-electron chi connectivity index (χ3n) is 2.76. The summed E-state index contributed by atoms with van der Waals surface area (Å²) in [5.74, 6) is 0.392. The van der Waals surface area contributed by atoms with Crippen LogP contribution in [0.25, 0.3) is 0 Å². The van der Waals surface area contributed by atoms with Gasteiger partial charge < -0.3 is 11.1 Å². The fraction of sp³-hybridized carbons (Fsp3) is 0.533. The van der Waals surface area contributed by atoms with Crippen molar-refractivity contribution in [1.29, 1.82) is 0 Å². The molecule has 3 nitrogen and oxygen atoms in total. The van der Waals surface area contributed by atoms with Crippen LogP contribution in [0.15, 0.2) is 22.7 Å². The maximum atomic E-state index is 12.0. The lowest BCUT2D eigenvalue weighted by molar-refractivity contribution is -0.117. The molecule has 3 N–H and O–H groups in total. The Morgan fingerprint density at radius 2 is 2.05 bits per heavy atom. The second kappa shape index (κ2) is 6.42. The minimum absolute atomic E-state index is 0.0306. The highest BCUT2D eigenvalue weighted by molar-refractivity contribution is 9.10. The molecule has 4 heteroatoms. The fourth-order valence-corrected chi connectivity index (χ4v) is 2.62. The molecule has 0 radical (unpaired) electrons. The van der Waals surface area contributed by atoms with Crippen LogP contribution < -0.4 is 11.1 Å². The van der Waals surface area contributed by atoms with Crippen molar-refractivity contribution in [2.45, 2.75) is 40.5 Å². The van der Waals surface area contributed by atoms with Gasteiger partial charge in [-0.25, -0.2) is 0 Å². The molecule has 1 rings (SSSR count). The van der Waals surface area contributed by atoms with Gasteiger partial charge in [0, 0.05) is 16.6 Å². The zero-order valence-corrected chi connectivity index (χ0v) is 13.7. The summed E-state index contributed by atoms with van der Waals surface area (Å²) in [4.78, 5) is 12.0. The number of anilines is 2. The van der Waals surface area contributed by atoms with Crippen LogP contribution in [0.2, 0.25) is 0 Å². The SMILES string of the molecule is CC(CC(=O)Nc1cc(N)ccc1Br)CC(C)(C)C. The monoisotopic (exact) mass is 326 g/mol. The number of halogens is 1. The largest absolute Gasteiger partial charge is 0.399 e. The van der Waals surface area contributed by atoms with E-state index in [2.05, 4.69) is 48.9 Å². The minimum Gasteiger partial charge on any atom is -0.399 e. The van der Waals surface area contributed by atoms with Crippen molar-refractivity contribution in [2.75, 3.05) is 11.1 Å². The molecular formula is C15H23BrN2O. The lowest BCUT2D eigenvalue weighted by atomic mass is 9.84. The van der Waals surface area contributed by atoms with Crippen LogP contribution in [0.4, 0.5) is 11.4 Å². The number of benzene rings is 1. The summed E-state index contributed by atoms with van der Waals surface area (Å²) >= 11 is 3.40. The number of carbonyl (C=O) groups excluding carboxylic acids is 1. The Bertz CT molecular complexity index is 452. The normalized spacial score (nSPS) is 13.1. The highest BCUT2D eigenvalue weighted by Crippen LogP contribution is 2.28. The standard InChI is InChI=1S/C15H23BrN2O/c1-10(9-15(2,3)4)7-14(19)18-13-8-11(17)5-6-12(13)16/h5-6,8,10H,7,9,17H2,1-4H3,(H,18,19). The molecule has 0 aliphatic carbocycles. The smallest absolute Gasteiger partial charge is 0.224 e. The summed E-state index contributed by atoms with van der Waals surface area (Å²) in [5, 5.41) is 2.90. The highest BCUT2D eigenvalue weighted by atomic mass is 79.9. The van der Waals surface area contributed by atoms with Gasteiger partial charge in [-0.2, -0.15) is 0 Å². The van der Waals surface area contributed by atoms with E-state index in [-0.39, 0.29) is 11.3 Å². The van der Waals surface area contributed by atoms with Crippen LogP contribution in [-0.4, -0.2) is 5.91 Å².